The Balaban J connectivity index is 2.79. The Hall–Kier alpha value is -2.07. The van der Waals surface area contributed by atoms with Gasteiger partial charge in [0.25, 0.3) is 0 Å². The average Bonchev–Trinajstić information content (AvgIpc) is 2.37. The summed E-state index contributed by atoms with van der Waals surface area (Å²) in [7, 11) is 0. The molecule has 7 heteroatoms. The smallest absolute Gasteiger partial charge is 0.326 e. The average molecular weight is 354 g/mol. The highest BCUT2D eigenvalue weighted by Crippen LogP contribution is 2.20. The van der Waals surface area contributed by atoms with E-state index < -0.39 is 18.0 Å². The number of anilines is 1. The third-order valence-electron chi connectivity index (χ3n) is 2.66. The second-order valence-corrected chi connectivity index (χ2v) is 5.84. The molecule has 0 unspecified atom stereocenters. The van der Waals surface area contributed by atoms with Crippen LogP contribution in [0.15, 0.2) is 22.7 Å². The van der Waals surface area contributed by atoms with Crippen molar-refractivity contribution in [1.82, 2.24) is 5.32 Å². The van der Waals surface area contributed by atoms with E-state index >= 15 is 0 Å². The Bertz CT molecular complexity index is 581. The van der Waals surface area contributed by atoms with Crippen LogP contribution in [0.2, 0.25) is 0 Å². The zero-order chi connectivity index (χ0) is 16.0. The molecule has 0 fully saturated rings. The molecular weight excluding hydrogens is 338 g/mol. The van der Waals surface area contributed by atoms with Crippen molar-refractivity contribution in [2.24, 2.45) is 5.92 Å². The fraction of sp³-hybridized carbons (Fsp3) is 0.357. The number of benzene rings is 1. The van der Waals surface area contributed by atoms with Crippen LogP contribution in [0.1, 0.15) is 25.8 Å². The van der Waals surface area contributed by atoms with E-state index in [9.17, 15) is 9.59 Å². The largest absolute Gasteiger partial charge is 0.480 e. The van der Waals surface area contributed by atoms with Gasteiger partial charge in [-0.15, -0.1) is 0 Å². The van der Waals surface area contributed by atoms with Gasteiger partial charge in [-0.25, -0.2) is 9.59 Å². The number of carboxylic acid groups (broad SMARTS) is 1. The summed E-state index contributed by atoms with van der Waals surface area (Å²) in [5.41, 5.74) is 0.613. The van der Waals surface area contributed by atoms with Crippen LogP contribution >= 0.6 is 15.9 Å². The van der Waals surface area contributed by atoms with Gasteiger partial charge in [0.1, 0.15) is 12.1 Å². The van der Waals surface area contributed by atoms with E-state index in [1.54, 1.807) is 18.2 Å². The molecule has 1 atom stereocenters. The molecule has 0 radical (unpaired) electrons. The number of nitrogens with one attached hydrogen (secondary N) is 2. The molecule has 0 saturated heterocycles. The third kappa shape index (κ3) is 5.44. The summed E-state index contributed by atoms with van der Waals surface area (Å²) in [6.45, 7) is 3.75. The zero-order valence-electron chi connectivity index (χ0n) is 11.7. The molecule has 1 aromatic rings. The molecule has 0 aromatic heterocycles. The van der Waals surface area contributed by atoms with E-state index in [-0.39, 0.29) is 5.92 Å². The SMILES string of the molecule is CC(C)C[C@@H](NC(=O)Nc1cc(Br)ccc1C#N)C(=O)O. The minimum absolute atomic E-state index is 0.131. The van der Waals surface area contributed by atoms with Crippen molar-refractivity contribution in [3.8, 4) is 6.07 Å². The zero-order valence-corrected chi connectivity index (χ0v) is 13.3. The van der Waals surface area contributed by atoms with Gasteiger partial charge in [0, 0.05) is 4.47 Å². The van der Waals surface area contributed by atoms with E-state index in [0.29, 0.717) is 22.1 Å². The Morgan fingerprint density at radius 1 is 1.43 bits per heavy atom. The van der Waals surface area contributed by atoms with Crippen molar-refractivity contribution in [3.05, 3.63) is 28.2 Å². The molecule has 21 heavy (non-hydrogen) atoms. The fourth-order valence-corrected chi connectivity index (χ4v) is 2.09. The van der Waals surface area contributed by atoms with E-state index in [2.05, 4.69) is 26.6 Å². The number of nitriles is 1. The molecule has 0 aliphatic carbocycles. The van der Waals surface area contributed by atoms with Gasteiger partial charge >= 0.3 is 12.0 Å². The van der Waals surface area contributed by atoms with Crippen molar-refractivity contribution in [2.75, 3.05) is 5.32 Å². The van der Waals surface area contributed by atoms with Crippen LogP contribution in [0.4, 0.5) is 10.5 Å². The first-order valence-electron chi connectivity index (χ1n) is 6.33. The van der Waals surface area contributed by atoms with Crippen molar-refractivity contribution in [1.29, 1.82) is 5.26 Å². The molecule has 0 aliphatic heterocycles. The van der Waals surface area contributed by atoms with Crippen LogP contribution in [-0.2, 0) is 4.79 Å². The van der Waals surface area contributed by atoms with Gasteiger partial charge in [0.05, 0.1) is 11.3 Å². The predicted octanol–water partition coefficient (Wildman–Crippen LogP) is 2.94. The summed E-state index contributed by atoms with van der Waals surface area (Å²) >= 11 is 3.25. The Morgan fingerprint density at radius 3 is 2.62 bits per heavy atom. The highest BCUT2D eigenvalue weighted by atomic mass is 79.9. The van der Waals surface area contributed by atoms with Gasteiger partial charge in [-0.3, -0.25) is 0 Å². The number of amides is 2. The van der Waals surface area contributed by atoms with E-state index in [1.807, 2.05) is 19.9 Å². The third-order valence-corrected chi connectivity index (χ3v) is 3.15. The van der Waals surface area contributed by atoms with Crippen molar-refractivity contribution >= 4 is 33.6 Å². The second kappa shape index (κ2) is 7.64. The maximum atomic E-state index is 11.9. The maximum Gasteiger partial charge on any atom is 0.326 e. The number of nitrogens with zero attached hydrogens (tertiary/aromatic N) is 1. The number of carbonyl (C=O) groups is 2. The summed E-state index contributed by atoms with van der Waals surface area (Å²) in [5.74, 6) is -0.958. The van der Waals surface area contributed by atoms with Crippen molar-refractivity contribution in [2.45, 2.75) is 26.3 Å². The van der Waals surface area contributed by atoms with Gasteiger partial charge in [-0.2, -0.15) is 5.26 Å². The molecule has 112 valence electrons. The predicted molar refractivity (Wildman–Crippen MR) is 81.9 cm³/mol. The fourth-order valence-electron chi connectivity index (χ4n) is 1.73. The number of rotatable bonds is 5. The molecule has 2 amide bonds. The lowest BCUT2D eigenvalue weighted by Crippen LogP contribution is -2.43. The quantitative estimate of drug-likeness (QED) is 0.756. The van der Waals surface area contributed by atoms with Crippen LogP contribution in [0.25, 0.3) is 0 Å². The Kier molecular flexibility index (Phi) is 6.18. The molecule has 6 nitrogen and oxygen atoms in total. The monoisotopic (exact) mass is 353 g/mol. The number of carboxylic acids is 1. The minimum Gasteiger partial charge on any atom is -0.480 e. The molecule has 0 saturated carbocycles. The van der Waals surface area contributed by atoms with Gasteiger partial charge in [0.2, 0.25) is 0 Å². The van der Waals surface area contributed by atoms with Crippen LogP contribution < -0.4 is 10.6 Å². The summed E-state index contributed by atoms with van der Waals surface area (Å²) in [4.78, 5) is 23.0. The number of hydrogen-bond acceptors (Lipinski definition) is 3. The van der Waals surface area contributed by atoms with E-state index in [4.69, 9.17) is 10.4 Å². The first-order valence-corrected chi connectivity index (χ1v) is 7.12. The number of urea groups is 1. The summed E-state index contributed by atoms with van der Waals surface area (Å²) < 4.78 is 0.703. The minimum atomic E-state index is -1.09. The van der Waals surface area contributed by atoms with Gasteiger partial charge in [0.15, 0.2) is 0 Å². The molecule has 0 spiro atoms. The number of carbonyl (C=O) groups excluding carboxylic acids is 1. The first-order chi connectivity index (χ1) is 9.83. The Labute approximate surface area is 131 Å². The van der Waals surface area contributed by atoms with Gasteiger partial charge < -0.3 is 15.7 Å². The highest BCUT2D eigenvalue weighted by molar-refractivity contribution is 9.10. The number of halogens is 1. The standard InChI is InChI=1S/C14H16BrN3O3/c1-8(2)5-12(13(19)20)18-14(21)17-11-6-10(15)4-3-9(11)7-16/h3-4,6,8,12H,5H2,1-2H3,(H,19,20)(H2,17,18,21)/t12-/m1/s1. The molecule has 0 bridgehead atoms. The molecule has 0 aliphatic rings. The lowest BCUT2D eigenvalue weighted by atomic mass is 10.0. The van der Waals surface area contributed by atoms with Crippen LogP contribution in [-0.4, -0.2) is 23.1 Å². The number of aliphatic carboxylic acids is 1. The van der Waals surface area contributed by atoms with E-state index in [0.717, 1.165) is 0 Å². The van der Waals surface area contributed by atoms with Gasteiger partial charge in [-0.1, -0.05) is 29.8 Å². The molecular formula is C14H16BrN3O3. The molecule has 3 N–H and O–H groups in total. The lowest BCUT2D eigenvalue weighted by Gasteiger charge is -2.17. The van der Waals surface area contributed by atoms with E-state index in [1.165, 1.54) is 0 Å². The van der Waals surface area contributed by atoms with Crippen LogP contribution in [0.5, 0.6) is 0 Å². The van der Waals surface area contributed by atoms with Crippen LogP contribution in [0.3, 0.4) is 0 Å². The first kappa shape index (κ1) is 17.0. The van der Waals surface area contributed by atoms with Crippen molar-refractivity contribution < 1.29 is 14.7 Å². The Morgan fingerprint density at radius 2 is 2.10 bits per heavy atom. The maximum absolute atomic E-state index is 11.9. The molecule has 0 heterocycles. The molecule has 1 rings (SSSR count). The lowest BCUT2D eigenvalue weighted by molar-refractivity contribution is -0.139. The summed E-state index contributed by atoms with van der Waals surface area (Å²) in [5, 5.41) is 22.9. The van der Waals surface area contributed by atoms with Gasteiger partial charge in [-0.05, 0) is 30.5 Å². The van der Waals surface area contributed by atoms with Crippen molar-refractivity contribution in [3.63, 3.8) is 0 Å². The van der Waals surface area contributed by atoms with Crippen LogP contribution in [0, 0.1) is 17.2 Å². The topological polar surface area (TPSA) is 102 Å². The highest BCUT2D eigenvalue weighted by Gasteiger charge is 2.21. The molecule has 1 aromatic carbocycles. The summed E-state index contributed by atoms with van der Waals surface area (Å²) in [6.07, 6.45) is 0.326. The second-order valence-electron chi connectivity index (χ2n) is 4.92. The summed E-state index contributed by atoms with van der Waals surface area (Å²) in [6, 6.07) is 5.15. The normalized spacial score (nSPS) is 11.6. The number of hydrogen-bond donors (Lipinski definition) is 3.